The maximum absolute atomic E-state index is 13.4. The molecule has 0 radical (unpaired) electrons. The van der Waals surface area contributed by atoms with E-state index >= 15 is 0 Å². The van der Waals surface area contributed by atoms with Crippen LogP contribution in [0.1, 0.15) is 32.6 Å². The molecule has 2 rings (SSSR count). The number of carbonyl (C=O) groups is 1. The van der Waals surface area contributed by atoms with Crippen LogP contribution in [0, 0.1) is 17.6 Å². The van der Waals surface area contributed by atoms with Crippen LogP contribution in [0.5, 0.6) is 0 Å². The zero-order valence-corrected chi connectivity index (χ0v) is 11.6. The van der Waals surface area contributed by atoms with E-state index in [0.717, 1.165) is 12.1 Å². The van der Waals surface area contributed by atoms with E-state index in [1.165, 1.54) is 31.7 Å². The summed E-state index contributed by atoms with van der Waals surface area (Å²) in [5.41, 5.74) is -0.382. The fourth-order valence-electron chi connectivity index (χ4n) is 2.68. The van der Waals surface area contributed by atoms with Crippen LogP contribution in [0.3, 0.4) is 0 Å². The predicted octanol–water partition coefficient (Wildman–Crippen LogP) is 3.07. The lowest BCUT2D eigenvalue weighted by Crippen LogP contribution is -2.38. The fourth-order valence-corrected chi connectivity index (χ4v) is 2.68. The molecule has 110 valence electrons. The van der Waals surface area contributed by atoms with Crippen LogP contribution in [-0.2, 0) is 4.79 Å². The third-order valence-electron chi connectivity index (χ3n) is 3.92. The lowest BCUT2D eigenvalue weighted by Gasteiger charge is -2.20. The van der Waals surface area contributed by atoms with Gasteiger partial charge in [0.2, 0.25) is 5.91 Å². The second-order valence-electron chi connectivity index (χ2n) is 5.36. The standard InChI is InChI=1S/C15H20F2N2O/c1-10(11-5-2-3-6-11)18-9-14(20)19-15-12(16)7-4-8-13(15)17/h4,7-8,10-11,18H,2-3,5-6,9H2,1H3,(H,19,20)/t10-/m1/s1. The molecule has 1 fully saturated rings. The van der Waals surface area contributed by atoms with Gasteiger partial charge in [-0.2, -0.15) is 0 Å². The van der Waals surface area contributed by atoms with Gasteiger partial charge in [-0.05, 0) is 37.8 Å². The van der Waals surface area contributed by atoms with Crippen molar-refractivity contribution < 1.29 is 13.6 Å². The largest absolute Gasteiger partial charge is 0.320 e. The average Bonchev–Trinajstić information content (AvgIpc) is 2.94. The number of para-hydroxylation sites is 1. The number of anilines is 1. The molecule has 0 bridgehead atoms. The van der Waals surface area contributed by atoms with Crippen LogP contribution in [0.2, 0.25) is 0 Å². The number of rotatable bonds is 5. The van der Waals surface area contributed by atoms with Crippen molar-refractivity contribution in [3.05, 3.63) is 29.8 Å². The molecule has 1 aliphatic rings. The van der Waals surface area contributed by atoms with Crippen molar-refractivity contribution in [1.29, 1.82) is 0 Å². The van der Waals surface area contributed by atoms with Gasteiger partial charge in [0.05, 0.1) is 6.54 Å². The van der Waals surface area contributed by atoms with E-state index in [-0.39, 0.29) is 18.3 Å². The molecule has 0 saturated heterocycles. The molecule has 1 aromatic rings. The molecule has 0 unspecified atom stereocenters. The SMILES string of the molecule is C[C@@H](NCC(=O)Nc1c(F)cccc1F)C1CCCC1. The van der Waals surface area contributed by atoms with Crippen LogP contribution < -0.4 is 10.6 Å². The van der Waals surface area contributed by atoms with E-state index in [2.05, 4.69) is 10.6 Å². The highest BCUT2D eigenvalue weighted by Crippen LogP contribution is 2.27. The van der Waals surface area contributed by atoms with Gasteiger partial charge >= 0.3 is 0 Å². The normalized spacial score (nSPS) is 17.1. The highest BCUT2D eigenvalue weighted by Gasteiger charge is 2.21. The molecule has 2 N–H and O–H groups in total. The highest BCUT2D eigenvalue weighted by molar-refractivity contribution is 5.92. The minimum absolute atomic E-state index is 0.0610. The van der Waals surface area contributed by atoms with Gasteiger partial charge in [-0.3, -0.25) is 4.79 Å². The predicted molar refractivity (Wildman–Crippen MR) is 74.4 cm³/mol. The summed E-state index contributed by atoms with van der Waals surface area (Å²) in [5.74, 6) is -1.36. The molecule has 0 heterocycles. The summed E-state index contributed by atoms with van der Waals surface area (Å²) in [4.78, 5) is 11.7. The fraction of sp³-hybridized carbons (Fsp3) is 0.533. The van der Waals surface area contributed by atoms with E-state index in [0.29, 0.717) is 5.92 Å². The Labute approximate surface area is 117 Å². The monoisotopic (exact) mass is 282 g/mol. The van der Waals surface area contributed by atoms with Gasteiger partial charge in [0.15, 0.2) is 0 Å². The lowest BCUT2D eigenvalue weighted by molar-refractivity contribution is -0.115. The highest BCUT2D eigenvalue weighted by atomic mass is 19.1. The molecule has 1 saturated carbocycles. The smallest absolute Gasteiger partial charge is 0.238 e. The summed E-state index contributed by atoms with van der Waals surface area (Å²) in [5, 5.41) is 5.40. The Kier molecular flexibility index (Phi) is 5.06. The van der Waals surface area contributed by atoms with E-state index in [4.69, 9.17) is 0 Å². The first-order valence-electron chi connectivity index (χ1n) is 7.05. The van der Waals surface area contributed by atoms with Crippen molar-refractivity contribution >= 4 is 11.6 Å². The van der Waals surface area contributed by atoms with E-state index in [9.17, 15) is 13.6 Å². The van der Waals surface area contributed by atoms with Gasteiger partial charge in [-0.25, -0.2) is 8.78 Å². The Balaban J connectivity index is 1.83. The number of nitrogens with one attached hydrogen (secondary N) is 2. The van der Waals surface area contributed by atoms with Gasteiger partial charge in [-0.15, -0.1) is 0 Å². The molecule has 3 nitrogen and oxygen atoms in total. The number of hydrogen-bond donors (Lipinski definition) is 2. The third kappa shape index (κ3) is 3.76. The van der Waals surface area contributed by atoms with Gasteiger partial charge in [0, 0.05) is 6.04 Å². The molecule has 1 atom stereocenters. The first-order valence-corrected chi connectivity index (χ1v) is 7.05. The maximum Gasteiger partial charge on any atom is 0.238 e. The van der Waals surface area contributed by atoms with Crippen LogP contribution in [0.4, 0.5) is 14.5 Å². The van der Waals surface area contributed by atoms with Crippen molar-refractivity contribution in [2.24, 2.45) is 5.92 Å². The maximum atomic E-state index is 13.4. The Bertz CT molecular complexity index is 453. The summed E-state index contributed by atoms with van der Waals surface area (Å²) >= 11 is 0. The quantitative estimate of drug-likeness (QED) is 0.871. The topological polar surface area (TPSA) is 41.1 Å². The van der Waals surface area contributed by atoms with Crippen LogP contribution in [0.15, 0.2) is 18.2 Å². The van der Waals surface area contributed by atoms with Crippen molar-refractivity contribution in [2.75, 3.05) is 11.9 Å². The summed E-state index contributed by atoms with van der Waals surface area (Å²) in [7, 11) is 0. The van der Waals surface area contributed by atoms with Crippen LogP contribution in [-0.4, -0.2) is 18.5 Å². The molecule has 5 heteroatoms. The van der Waals surface area contributed by atoms with Crippen molar-refractivity contribution in [3.63, 3.8) is 0 Å². The number of hydrogen-bond acceptors (Lipinski definition) is 2. The summed E-state index contributed by atoms with van der Waals surface area (Å²) in [6, 6.07) is 3.75. The number of halogens is 2. The van der Waals surface area contributed by atoms with Gasteiger partial charge in [-0.1, -0.05) is 18.9 Å². The third-order valence-corrected chi connectivity index (χ3v) is 3.92. The Hall–Kier alpha value is -1.49. The minimum atomic E-state index is -0.762. The molecule has 0 spiro atoms. The van der Waals surface area contributed by atoms with Crippen LogP contribution in [0.25, 0.3) is 0 Å². The van der Waals surface area contributed by atoms with Crippen molar-refractivity contribution in [3.8, 4) is 0 Å². The molecular weight excluding hydrogens is 262 g/mol. The zero-order valence-electron chi connectivity index (χ0n) is 11.6. The van der Waals surface area contributed by atoms with Crippen LogP contribution >= 0.6 is 0 Å². The molecule has 20 heavy (non-hydrogen) atoms. The Morgan fingerprint density at radius 3 is 2.50 bits per heavy atom. The first kappa shape index (κ1) is 14.9. The summed E-state index contributed by atoms with van der Waals surface area (Å²) in [6.07, 6.45) is 4.84. The van der Waals surface area contributed by atoms with E-state index < -0.39 is 17.5 Å². The summed E-state index contributed by atoms with van der Waals surface area (Å²) in [6.45, 7) is 2.11. The molecular formula is C15H20F2N2O. The molecule has 0 aliphatic heterocycles. The molecule has 0 aromatic heterocycles. The molecule has 1 aliphatic carbocycles. The number of benzene rings is 1. The lowest BCUT2D eigenvalue weighted by atomic mass is 10.00. The van der Waals surface area contributed by atoms with Crippen molar-refractivity contribution in [2.45, 2.75) is 38.6 Å². The Morgan fingerprint density at radius 2 is 1.90 bits per heavy atom. The second-order valence-corrected chi connectivity index (χ2v) is 5.36. The Morgan fingerprint density at radius 1 is 1.30 bits per heavy atom. The zero-order chi connectivity index (χ0) is 14.5. The molecule has 1 amide bonds. The van der Waals surface area contributed by atoms with E-state index in [1.54, 1.807) is 0 Å². The summed E-state index contributed by atoms with van der Waals surface area (Å²) < 4.78 is 26.8. The van der Waals surface area contributed by atoms with Gasteiger partial charge in [0.1, 0.15) is 17.3 Å². The van der Waals surface area contributed by atoms with Gasteiger partial charge in [0.25, 0.3) is 0 Å². The van der Waals surface area contributed by atoms with E-state index in [1.807, 2.05) is 6.92 Å². The second kappa shape index (κ2) is 6.79. The minimum Gasteiger partial charge on any atom is -0.320 e. The first-order chi connectivity index (χ1) is 9.58. The van der Waals surface area contributed by atoms with Gasteiger partial charge < -0.3 is 10.6 Å². The number of amides is 1. The molecule has 1 aromatic carbocycles. The average molecular weight is 282 g/mol. The number of carbonyl (C=O) groups excluding carboxylic acids is 1. The van der Waals surface area contributed by atoms with Crippen molar-refractivity contribution in [1.82, 2.24) is 5.32 Å².